The monoisotopic (exact) mass is 286 g/mol. The summed E-state index contributed by atoms with van der Waals surface area (Å²) in [5.41, 5.74) is -1.10. The molecule has 8 nitrogen and oxygen atoms in total. The van der Waals surface area contributed by atoms with Crippen LogP contribution in [0.3, 0.4) is 0 Å². The lowest BCUT2D eigenvalue weighted by molar-refractivity contribution is -0.183. The van der Waals surface area contributed by atoms with Crippen LogP contribution in [0.2, 0.25) is 0 Å². The van der Waals surface area contributed by atoms with Gasteiger partial charge in [-0.2, -0.15) is 0 Å². The molecule has 2 unspecified atom stereocenters. The summed E-state index contributed by atoms with van der Waals surface area (Å²) in [7, 11) is 2.60. The molecule has 2 atom stereocenters. The van der Waals surface area contributed by atoms with Gasteiger partial charge in [0.05, 0.1) is 7.11 Å². The largest absolute Gasteiger partial charge is 0.467 e. The fourth-order valence-corrected chi connectivity index (χ4v) is 2.69. The van der Waals surface area contributed by atoms with E-state index in [0.717, 1.165) is 17.9 Å². The van der Waals surface area contributed by atoms with Crippen LogP contribution in [-0.2, 0) is 24.0 Å². The van der Waals surface area contributed by atoms with Gasteiger partial charge in [-0.1, -0.05) is 12.8 Å². The molecule has 2 aliphatic rings. The van der Waals surface area contributed by atoms with Crippen LogP contribution in [0, 0.1) is 5.92 Å². The van der Waals surface area contributed by atoms with E-state index in [0.29, 0.717) is 12.8 Å². The third-order valence-electron chi connectivity index (χ3n) is 3.84. The Hall–Kier alpha value is -1.67. The van der Waals surface area contributed by atoms with Crippen molar-refractivity contribution >= 4 is 17.8 Å². The van der Waals surface area contributed by atoms with Gasteiger partial charge >= 0.3 is 11.9 Å². The number of hydrogen-bond acceptors (Lipinski definition) is 7. The zero-order chi connectivity index (χ0) is 14.9. The first-order chi connectivity index (χ1) is 9.41. The Bertz CT molecular complexity index is 432. The normalized spacial score (nSPS) is 29.1. The summed E-state index contributed by atoms with van der Waals surface area (Å²) < 4.78 is 4.73. The molecule has 0 radical (unpaired) electrons. The Balaban J connectivity index is 2.13. The van der Waals surface area contributed by atoms with Gasteiger partial charge in [0, 0.05) is 7.05 Å². The molecular formula is C12H18N2O6. The Morgan fingerprint density at radius 1 is 1.45 bits per heavy atom. The molecule has 0 aromatic rings. The molecule has 0 aromatic carbocycles. The first-order valence-corrected chi connectivity index (χ1v) is 6.44. The molecule has 8 heteroatoms. The van der Waals surface area contributed by atoms with Gasteiger partial charge in [-0.15, -0.1) is 5.06 Å². The van der Waals surface area contributed by atoms with Gasteiger partial charge in [0.15, 0.2) is 12.1 Å². The summed E-state index contributed by atoms with van der Waals surface area (Å²) in [6.45, 7) is 0. The van der Waals surface area contributed by atoms with Crippen LogP contribution >= 0.6 is 0 Å². The summed E-state index contributed by atoms with van der Waals surface area (Å²) in [5.74, 6) is -3.45. The van der Waals surface area contributed by atoms with Gasteiger partial charge in [-0.3, -0.25) is 4.79 Å². The van der Waals surface area contributed by atoms with E-state index in [-0.39, 0.29) is 0 Å². The van der Waals surface area contributed by atoms with Gasteiger partial charge in [-0.25, -0.2) is 9.59 Å². The lowest BCUT2D eigenvalue weighted by atomic mass is 9.96. The Morgan fingerprint density at radius 2 is 2.05 bits per heavy atom. The molecule has 1 saturated carbocycles. The summed E-state index contributed by atoms with van der Waals surface area (Å²) >= 11 is 0. The maximum Gasteiger partial charge on any atom is 0.341 e. The molecule has 0 bridgehead atoms. The van der Waals surface area contributed by atoms with Crippen LogP contribution < -0.4 is 5.32 Å². The zero-order valence-electron chi connectivity index (χ0n) is 11.4. The quantitative estimate of drug-likeness (QED) is 0.502. The molecule has 1 aliphatic carbocycles. The van der Waals surface area contributed by atoms with E-state index in [9.17, 15) is 19.5 Å². The molecule has 1 saturated heterocycles. The number of amides is 1. The highest BCUT2D eigenvalue weighted by Gasteiger charge is 2.50. The molecule has 0 spiro atoms. The van der Waals surface area contributed by atoms with Crippen molar-refractivity contribution in [2.45, 2.75) is 37.5 Å². The van der Waals surface area contributed by atoms with Gasteiger partial charge < -0.3 is 20.0 Å². The van der Waals surface area contributed by atoms with E-state index in [4.69, 9.17) is 4.74 Å². The maximum atomic E-state index is 12.2. The Morgan fingerprint density at radius 3 is 2.50 bits per heavy atom. The molecule has 2 N–H and O–H groups in total. The van der Waals surface area contributed by atoms with E-state index in [2.05, 4.69) is 10.2 Å². The van der Waals surface area contributed by atoms with Crippen molar-refractivity contribution in [3.05, 3.63) is 0 Å². The number of nitrogens with one attached hydrogen (secondary N) is 1. The highest BCUT2D eigenvalue weighted by molar-refractivity contribution is 6.01. The number of ether oxygens (including phenoxy) is 1. The van der Waals surface area contributed by atoms with Crippen molar-refractivity contribution in [3.8, 4) is 0 Å². The fraction of sp³-hybridized carbons (Fsp3) is 0.750. The number of aliphatic hydroxyl groups is 1. The second kappa shape index (κ2) is 5.37. The van der Waals surface area contributed by atoms with Gasteiger partial charge in [0.2, 0.25) is 5.91 Å². The van der Waals surface area contributed by atoms with Crippen LogP contribution in [-0.4, -0.2) is 53.9 Å². The van der Waals surface area contributed by atoms with Crippen LogP contribution in [0.15, 0.2) is 0 Å². The Kier molecular flexibility index (Phi) is 3.96. The molecule has 1 heterocycles. The summed E-state index contributed by atoms with van der Waals surface area (Å²) in [4.78, 5) is 40.3. The zero-order valence-corrected chi connectivity index (χ0v) is 11.4. The summed E-state index contributed by atoms with van der Waals surface area (Å²) in [5, 5.41) is 13.2. The molecule has 0 aromatic heterocycles. The van der Waals surface area contributed by atoms with E-state index in [1.165, 1.54) is 14.2 Å². The van der Waals surface area contributed by atoms with E-state index in [1.807, 2.05) is 0 Å². The van der Waals surface area contributed by atoms with Crippen molar-refractivity contribution in [1.82, 2.24) is 10.4 Å². The highest BCUT2D eigenvalue weighted by atomic mass is 16.7. The van der Waals surface area contributed by atoms with E-state index in [1.54, 1.807) is 0 Å². The average Bonchev–Trinajstić information content (AvgIpc) is 2.95. The molecule has 1 aliphatic heterocycles. The smallest absolute Gasteiger partial charge is 0.341 e. The summed E-state index contributed by atoms with van der Waals surface area (Å²) in [6, 6.07) is 0. The minimum Gasteiger partial charge on any atom is -0.467 e. The van der Waals surface area contributed by atoms with Crippen molar-refractivity contribution in [1.29, 1.82) is 0 Å². The minimum atomic E-state index is -1.36. The van der Waals surface area contributed by atoms with Crippen molar-refractivity contribution < 1.29 is 29.1 Å². The number of methoxy groups -OCH3 is 1. The maximum absolute atomic E-state index is 12.2. The van der Waals surface area contributed by atoms with Crippen molar-refractivity contribution in [2.75, 3.05) is 14.2 Å². The number of carbonyl (C=O) groups excluding carboxylic acids is 3. The first kappa shape index (κ1) is 14.7. The number of hydrogen-bond donors (Lipinski definition) is 2. The number of nitrogens with zero attached hydrogens (tertiary/aromatic N) is 1. The molecule has 2 rings (SSSR count). The molecule has 112 valence electrons. The molecule has 20 heavy (non-hydrogen) atoms. The van der Waals surface area contributed by atoms with Gasteiger partial charge in [-0.05, 0) is 12.8 Å². The second-order valence-electron chi connectivity index (χ2n) is 5.12. The van der Waals surface area contributed by atoms with Gasteiger partial charge in [0.1, 0.15) is 5.54 Å². The Labute approximate surface area is 116 Å². The highest BCUT2D eigenvalue weighted by Crippen LogP contribution is 2.32. The predicted octanol–water partition coefficient (Wildman–Crippen LogP) is -1.07. The number of carbonyl (C=O) groups is 3. The lowest BCUT2D eigenvalue weighted by Crippen LogP contribution is -2.56. The number of aliphatic hydroxyl groups excluding tert-OH is 1. The average molecular weight is 286 g/mol. The third-order valence-corrected chi connectivity index (χ3v) is 3.84. The van der Waals surface area contributed by atoms with Crippen LogP contribution in [0.1, 0.15) is 25.7 Å². The fourth-order valence-electron chi connectivity index (χ4n) is 2.69. The topological polar surface area (TPSA) is 105 Å². The predicted molar refractivity (Wildman–Crippen MR) is 64.7 cm³/mol. The van der Waals surface area contributed by atoms with E-state index >= 15 is 0 Å². The van der Waals surface area contributed by atoms with Crippen LogP contribution in [0.25, 0.3) is 0 Å². The molecule has 1 amide bonds. The number of rotatable bonds is 3. The number of esters is 1. The third kappa shape index (κ3) is 2.36. The van der Waals surface area contributed by atoms with Crippen LogP contribution in [0.4, 0.5) is 0 Å². The van der Waals surface area contributed by atoms with Crippen molar-refractivity contribution in [3.63, 3.8) is 0 Å². The lowest BCUT2D eigenvalue weighted by Gasteiger charge is -2.28. The minimum absolute atomic E-state index is 0.457. The number of hydroxylamine groups is 2. The molecular weight excluding hydrogens is 268 g/mol. The SMILES string of the molecule is COC(=O)C1(NC(=O)C2C(=O)ON(C)C2O)CCCC1. The van der Waals surface area contributed by atoms with Crippen LogP contribution in [0.5, 0.6) is 0 Å². The molecule has 2 fully saturated rings. The standard InChI is InChI=1S/C12H18N2O6/c1-14-9(16)7(10(17)20-14)8(15)13-12(11(18)19-2)5-3-4-6-12/h7,9,16H,3-6H2,1-2H3,(H,13,15). The van der Waals surface area contributed by atoms with Gasteiger partial charge in [0.25, 0.3) is 0 Å². The van der Waals surface area contributed by atoms with E-state index < -0.39 is 35.5 Å². The summed E-state index contributed by atoms with van der Waals surface area (Å²) in [6.07, 6.45) is 1.12. The first-order valence-electron chi connectivity index (χ1n) is 6.44. The second-order valence-corrected chi connectivity index (χ2v) is 5.12. The van der Waals surface area contributed by atoms with Crippen molar-refractivity contribution in [2.24, 2.45) is 5.92 Å².